The first-order chi connectivity index (χ1) is 9.10. The Labute approximate surface area is 117 Å². The van der Waals surface area contributed by atoms with Crippen LogP contribution in [0.2, 0.25) is 5.02 Å². The number of anilines is 1. The molecule has 0 radical (unpaired) electrons. The van der Waals surface area contributed by atoms with Gasteiger partial charge in [0.2, 0.25) is 0 Å². The molecule has 1 atom stereocenters. The number of hydrogen-bond donors (Lipinski definition) is 2. The second-order valence-corrected chi connectivity index (χ2v) is 4.73. The Morgan fingerprint density at radius 3 is 2.47 bits per heavy atom. The first kappa shape index (κ1) is 13.6. The molecular formula is C15H16ClNO2. The Morgan fingerprint density at radius 1 is 1.16 bits per heavy atom. The highest BCUT2D eigenvalue weighted by Gasteiger charge is 2.10. The number of phenols is 1. The van der Waals surface area contributed by atoms with Gasteiger partial charge in [0.25, 0.3) is 0 Å². The zero-order valence-electron chi connectivity index (χ0n) is 10.9. The van der Waals surface area contributed by atoms with Crippen LogP contribution < -0.4 is 10.1 Å². The smallest absolute Gasteiger partial charge is 0.120 e. The minimum atomic E-state index is -0.0490. The van der Waals surface area contributed by atoms with E-state index in [1.54, 1.807) is 25.3 Å². The molecule has 0 spiro atoms. The Bertz CT molecular complexity index is 555. The Balaban J connectivity index is 2.15. The van der Waals surface area contributed by atoms with Gasteiger partial charge in [-0.3, -0.25) is 0 Å². The highest BCUT2D eigenvalue weighted by Crippen LogP contribution is 2.29. The van der Waals surface area contributed by atoms with E-state index in [9.17, 15) is 5.11 Å². The van der Waals surface area contributed by atoms with E-state index in [-0.39, 0.29) is 11.8 Å². The molecule has 0 aliphatic carbocycles. The summed E-state index contributed by atoms with van der Waals surface area (Å²) in [7, 11) is 1.63. The van der Waals surface area contributed by atoms with Crippen LogP contribution in [-0.2, 0) is 0 Å². The fraction of sp³-hybridized carbons (Fsp3) is 0.200. The average Bonchev–Trinajstić information content (AvgIpc) is 2.42. The SMILES string of the molecule is COc1ccc(N[C@H](C)c2cc(Cl)ccc2O)cc1. The maximum absolute atomic E-state index is 9.85. The lowest BCUT2D eigenvalue weighted by Gasteiger charge is -2.17. The van der Waals surface area contributed by atoms with Gasteiger partial charge in [-0.2, -0.15) is 0 Å². The van der Waals surface area contributed by atoms with Crippen molar-refractivity contribution in [3.05, 3.63) is 53.1 Å². The van der Waals surface area contributed by atoms with E-state index in [1.165, 1.54) is 0 Å². The van der Waals surface area contributed by atoms with Crippen LogP contribution in [0.1, 0.15) is 18.5 Å². The molecule has 19 heavy (non-hydrogen) atoms. The van der Waals surface area contributed by atoms with Crippen molar-refractivity contribution in [3.8, 4) is 11.5 Å². The number of hydrogen-bond acceptors (Lipinski definition) is 3. The zero-order valence-corrected chi connectivity index (χ0v) is 11.6. The summed E-state index contributed by atoms with van der Waals surface area (Å²) in [5.74, 6) is 1.04. The van der Waals surface area contributed by atoms with Crippen molar-refractivity contribution >= 4 is 17.3 Å². The van der Waals surface area contributed by atoms with Crippen molar-refractivity contribution in [1.29, 1.82) is 0 Å². The van der Waals surface area contributed by atoms with Crippen molar-refractivity contribution in [2.45, 2.75) is 13.0 Å². The van der Waals surface area contributed by atoms with Crippen LogP contribution in [0.25, 0.3) is 0 Å². The third-order valence-corrected chi connectivity index (χ3v) is 3.16. The fourth-order valence-electron chi connectivity index (χ4n) is 1.89. The minimum absolute atomic E-state index is 0.0490. The van der Waals surface area contributed by atoms with Crippen molar-refractivity contribution in [2.75, 3.05) is 12.4 Å². The molecule has 3 nitrogen and oxygen atoms in total. The second-order valence-electron chi connectivity index (χ2n) is 4.30. The molecule has 0 heterocycles. The number of nitrogens with one attached hydrogen (secondary N) is 1. The predicted octanol–water partition coefficient (Wildman–Crippen LogP) is 4.23. The Kier molecular flexibility index (Phi) is 4.17. The Hall–Kier alpha value is -1.87. The van der Waals surface area contributed by atoms with E-state index >= 15 is 0 Å². The predicted molar refractivity (Wildman–Crippen MR) is 78.1 cm³/mol. The summed E-state index contributed by atoms with van der Waals surface area (Å²) in [4.78, 5) is 0. The van der Waals surface area contributed by atoms with Gasteiger partial charge in [-0.15, -0.1) is 0 Å². The minimum Gasteiger partial charge on any atom is -0.508 e. The number of ether oxygens (including phenoxy) is 1. The van der Waals surface area contributed by atoms with Crippen LogP contribution >= 0.6 is 11.6 Å². The van der Waals surface area contributed by atoms with Gasteiger partial charge in [-0.05, 0) is 49.4 Å². The van der Waals surface area contributed by atoms with Crippen LogP contribution in [0.15, 0.2) is 42.5 Å². The summed E-state index contributed by atoms with van der Waals surface area (Å²) in [5, 5.41) is 13.8. The molecule has 0 aliphatic heterocycles. The highest BCUT2D eigenvalue weighted by atomic mass is 35.5. The van der Waals surface area contributed by atoms with E-state index in [0.717, 1.165) is 17.0 Å². The fourth-order valence-corrected chi connectivity index (χ4v) is 2.07. The lowest BCUT2D eigenvalue weighted by Crippen LogP contribution is -2.06. The van der Waals surface area contributed by atoms with Gasteiger partial charge in [0, 0.05) is 16.3 Å². The first-order valence-corrected chi connectivity index (χ1v) is 6.37. The number of phenolic OH excluding ortho intramolecular Hbond substituents is 1. The lowest BCUT2D eigenvalue weighted by molar-refractivity contribution is 0.415. The number of aromatic hydroxyl groups is 1. The maximum Gasteiger partial charge on any atom is 0.120 e. The molecule has 0 aliphatic rings. The van der Waals surface area contributed by atoms with Crippen LogP contribution in [0, 0.1) is 0 Å². The normalized spacial score (nSPS) is 11.9. The van der Waals surface area contributed by atoms with Crippen molar-refractivity contribution in [3.63, 3.8) is 0 Å². The first-order valence-electron chi connectivity index (χ1n) is 5.99. The molecular weight excluding hydrogens is 262 g/mol. The second kappa shape index (κ2) is 5.85. The van der Waals surface area contributed by atoms with E-state index in [4.69, 9.17) is 16.3 Å². The maximum atomic E-state index is 9.85. The van der Waals surface area contributed by atoms with Crippen molar-refractivity contribution < 1.29 is 9.84 Å². The molecule has 0 bridgehead atoms. The molecule has 0 saturated carbocycles. The third-order valence-electron chi connectivity index (χ3n) is 2.93. The van der Waals surface area contributed by atoms with E-state index < -0.39 is 0 Å². The van der Waals surface area contributed by atoms with Crippen molar-refractivity contribution in [2.24, 2.45) is 0 Å². The molecule has 2 aromatic rings. The van der Waals surface area contributed by atoms with Gasteiger partial charge >= 0.3 is 0 Å². The molecule has 2 rings (SSSR count). The summed E-state index contributed by atoms with van der Waals surface area (Å²) in [6, 6.07) is 12.6. The molecule has 2 aromatic carbocycles. The molecule has 0 aromatic heterocycles. The highest BCUT2D eigenvalue weighted by molar-refractivity contribution is 6.30. The van der Waals surface area contributed by atoms with Crippen LogP contribution in [0.3, 0.4) is 0 Å². The molecule has 2 N–H and O–H groups in total. The monoisotopic (exact) mass is 277 g/mol. The zero-order chi connectivity index (χ0) is 13.8. The summed E-state index contributed by atoms with van der Waals surface area (Å²) < 4.78 is 5.11. The topological polar surface area (TPSA) is 41.5 Å². The number of benzene rings is 2. The lowest BCUT2D eigenvalue weighted by atomic mass is 10.1. The number of rotatable bonds is 4. The van der Waals surface area contributed by atoms with Gasteiger partial charge < -0.3 is 15.2 Å². The number of methoxy groups -OCH3 is 1. The van der Waals surface area contributed by atoms with E-state index in [0.29, 0.717) is 5.02 Å². The standard InChI is InChI=1S/C15H16ClNO2/c1-10(14-9-11(16)3-8-15(14)18)17-12-4-6-13(19-2)7-5-12/h3-10,17-18H,1-2H3/t10-/m1/s1. The summed E-state index contributed by atoms with van der Waals surface area (Å²) in [6.07, 6.45) is 0. The molecule has 0 saturated heterocycles. The van der Waals surface area contributed by atoms with Gasteiger partial charge in [-0.1, -0.05) is 11.6 Å². The van der Waals surface area contributed by atoms with Gasteiger partial charge in [0.05, 0.1) is 13.2 Å². The van der Waals surface area contributed by atoms with E-state index in [1.807, 2.05) is 31.2 Å². The Morgan fingerprint density at radius 2 is 1.84 bits per heavy atom. The van der Waals surface area contributed by atoms with Crippen molar-refractivity contribution in [1.82, 2.24) is 0 Å². The molecule has 0 amide bonds. The van der Waals surface area contributed by atoms with Crippen LogP contribution in [-0.4, -0.2) is 12.2 Å². The van der Waals surface area contributed by atoms with Gasteiger partial charge in [0.1, 0.15) is 11.5 Å². The molecule has 0 fully saturated rings. The van der Waals surface area contributed by atoms with Gasteiger partial charge in [0.15, 0.2) is 0 Å². The molecule has 0 unspecified atom stereocenters. The molecule has 100 valence electrons. The molecule has 4 heteroatoms. The van der Waals surface area contributed by atoms with Crippen LogP contribution in [0.5, 0.6) is 11.5 Å². The summed E-state index contributed by atoms with van der Waals surface area (Å²) in [6.45, 7) is 1.97. The van der Waals surface area contributed by atoms with Gasteiger partial charge in [-0.25, -0.2) is 0 Å². The quantitative estimate of drug-likeness (QED) is 0.879. The van der Waals surface area contributed by atoms with E-state index in [2.05, 4.69) is 5.32 Å². The summed E-state index contributed by atoms with van der Waals surface area (Å²) in [5.41, 5.74) is 1.72. The summed E-state index contributed by atoms with van der Waals surface area (Å²) >= 11 is 5.95. The average molecular weight is 278 g/mol. The largest absolute Gasteiger partial charge is 0.508 e. The van der Waals surface area contributed by atoms with Crippen LogP contribution in [0.4, 0.5) is 5.69 Å². The third kappa shape index (κ3) is 3.32. The number of halogens is 1.